The second kappa shape index (κ2) is 9.29. The first-order valence-corrected chi connectivity index (χ1v) is 9.74. The van der Waals surface area contributed by atoms with Gasteiger partial charge in [-0.15, -0.1) is 0 Å². The molecule has 0 spiro atoms. The van der Waals surface area contributed by atoms with Crippen molar-refractivity contribution in [3.8, 4) is 11.5 Å². The second-order valence-corrected chi connectivity index (χ2v) is 7.71. The maximum Gasteiger partial charge on any atom is 0.302 e. The van der Waals surface area contributed by atoms with Gasteiger partial charge in [0.25, 0.3) is 0 Å². The molecule has 2 unspecified atom stereocenters. The number of carbonyl (C=O) groups excluding carboxylic acids is 1. The normalized spacial score (nSPS) is 16.8. The summed E-state index contributed by atoms with van der Waals surface area (Å²) >= 11 is 0. The largest absolute Gasteiger partial charge is 0.491 e. The van der Waals surface area contributed by atoms with Gasteiger partial charge in [-0.05, 0) is 35.4 Å². The number of carbonyl (C=O) groups is 1. The van der Waals surface area contributed by atoms with E-state index >= 15 is 0 Å². The number of benzene rings is 2. The molecule has 1 fully saturated rings. The van der Waals surface area contributed by atoms with Crippen LogP contribution < -0.4 is 9.47 Å². The van der Waals surface area contributed by atoms with Gasteiger partial charge < -0.3 is 24.1 Å². The van der Waals surface area contributed by atoms with E-state index in [0.717, 1.165) is 17.9 Å². The van der Waals surface area contributed by atoms with Crippen LogP contribution in [-0.4, -0.2) is 49.7 Å². The number of rotatable bonds is 10. The SMILES string of the molecule is CC(=O)OCC(O)COc1ccc(C(C)(C)c2ccc(OCC3CO3)cc2)cc1. The van der Waals surface area contributed by atoms with Crippen molar-refractivity contribution >= 4 is 5.97 Å². The predicted octanol–water partition coefficient (Wildman–Crippen LogP) is 3.09. The molecule has 0 bridgehead atoms. The molecule has 156 valence electrons. The van der Waals surface area contributed by atoms with Gasteiger partial charge in [0.2, 0.25) is 0 Å². The molecule has 0 saturated carbocycles. The van der Waals surface area contributed by atoms with Gasteiger partial charge in [-0.3, -0.25) is 4.79 Å². The van der Waals surface area contributed by atoms with E-state index in [2.05, 4.69) is 26.0 Å². The van der Waals surface area contributed by atoms with Crippen molar-refractivity contribution in [3.63, 3.8) is 0 Å². The van der Waals surface area contributed by atoms with Crippen molar-refractivity contribution in [1.29, 1.82) is 0 Å². The lowest BCUT2D eigenvalue weighted by Gasteiger charge is -2.26. The average Bonchev–Trinajstić information content (AvgIpc) is 3.54. The van der Waals surface area contributed by atoms with Crippen molar-refractivity contribution < 1.29 is 28.8 Å². The minimum atomic E-state index is -0.859. The van der Waals surface area contributed by atoms with Crippen LogP contribution in [0.4, 0.5) is 0 Å². The zero-order valence-electron chi connectivity index (χ0n) is 17.1. The Labute approximate surface area is 171 Å². The van der Waals surface area contributed by atoms with E-state index in [-0.39, 0.29) is 24.7 Å². The van der Waals surface area contributed by atoms with Gasteiger partial charge in [0, 0.05) is 12.3 Å². The fourth-order valence-electron chi connectivity index (χ4n) is 2.91. The zero-order valence-corrected chi connectivity index (χ0v) is 17.1. The molecule has 1 aliphatic rings. The van der Waals surface area contributed by atoms with Gasteiger partial charge in [0.15, 0.2) is 0 Å². The number of aliphatic hydroxyl groups is 1. The molecule has 0 radical (unpaired) electrons. The standard InChI is InChI=1S/C23H28O6/c1-16(24)26-12-19(25)13-27-20-8-4-17(5-9-20)23(2,3)18-6-10-21(11-7-18)28-14-22-15-29-22/h4-11,19,22,25H,12-15H2,1-3H3. The summed E-state index contributed by atoms with van der Waals surface area (Å²) in [7, 11) is 0. The van der Waals surface area contributed by atoms with Gasteiger partial charge in [-0.2, -0.15) is 0 Å². The molecule has 1 heterocycles. The van der Waals surface area contributed by atoms with Crippen molar-refractivity contribution in [2.45, 2.75) is 38.4 Å². The van der Waals surface area contributed by atoms with Crippen LogP contribution in [-0.2, 0) is 19.7 Å². The fourth-order valence-corrected chi connectivity index (χ4v) is 2.91. The smallest absolute Gasteiger partial charge is 0.302 e. The summed E-state index contributed by atoms with van der Waals surface area (Å²) < 4.78 is 21.2. The Balaban J connectivity index is 1.56. The number of esters is 1. The molecular formula is C23H28O6. The third kappa shape index (κ3) is 6.21. The van der Waals surface area contributed by atoms with Crippen LogP contribution in [0.2, 0.25) is 0 Å². The summed E-state index contributed by atoms with van der Waals surface area (Å²) in [4.78, 5) is 10.8. The Kier molecular flexibility index (Phi) is 6.77. The molecule has 6 heteroatoms. The molecular weight excluding hydrogens is 372 g/mol. The maximum absolute atomic E-state index is 10.8. The molecule has 0 amide bonds. The summed E-state index contributed by atoms with van der Waals surface area (Å²) in [6.45, 7) is 7.00. The number of ether oxygens (including phenoxy) is 4. The highest BCUT2D eigenvalue weighted by atomic mass is 16.6. The Bertz CT molecular complexity index is 793. The lowest BCUT2D eigenvalue weighted by molar-refractivity contribution is -0.144. The number of epoxide rings is 1. The summed E-state index contributed by atoms with van der Waals surface area (Å²) in [6, 6.07) is 15.9. The molecule has 3 rings (SSSR count). The molecule has 2 atom stereocenters. The molecule has 0 aromatic heterocycles. The van der Waals surface area contributed by atoms with Gasteiger partial charge in [0.05, 0.1) is 6.61 Å². The topological polar surface area (TPSA) is 77.5 Å². The Morgan fingerprint density at radius 1 is 1.03 bits per heavy atom. The molecule has 2 aromatic carbocycles. The molecule has 29 heavy (non-hydrogen) atoms. The minimum Gasteiger partial charge on any atom is -0.491 e. The zero-order chi connectivity index (χ0) is 20.9. The van der Waals surface area contributed by atoms with Crippen molar-refractivity contribution in [2.75, 3.05) is 26.4 Å². The van der Waals surface area contributed by atoms with Crippen LogP contribution in [0.25, 0.3) is 0 Å². The monoisotopic (exact) mass is 400 g/mol. The van der Waals surface area contributed by atoms with Crippen LogP contribution in [0.5, 0.6) is 11.5 Å². The van der Waals surface area contributed by atoms with Crippen LogP contribution in [0, 0.1) is 0 Å². The van der Waals surface area contributed by atoms with Gasteiger partial charge >= 0.3 is 5.97 Å². The summed E-state index contributed by atoms with van der Waals surface area (Å²) in [5.74, 6) is 1.07. The lowest BCUT2D eigenvalue weighted by atomic mass is 9.78. The highest BCUT2D eigenvalue weighted by Crippen LogP contribution is 2.33. The minimum absolute atomic E-state index is 0.0589. The van der Waals surface area contributed by atoms with E-state index in [9.17, 15) is 9.90 Å². The summed E-state index contributed by atoms with van der Waals surface area (Å²) in [5.41, 5.74) is 2.13. The maximum atomic E-state index is 10.8. The molecule has 6 nitrogen and oxygen atoms in total. The highest BCUT2D eigenvalue weighted by molar-refractivity contribution is 5.65. The second-order valence-electron chi connectivity index (χ2n) is 7.71. The van der Waals surface area contributed by atoms with Crippen LogP contribution in [0.1, 0.15) is 31.9 Å². The third-order valence-electron chi connectivity index (χ3n) is 4.91. The van der Waals surface area contributed by atoms with Crippen molar-refractivity contribution in [3.05, 3.63) is 59.7 Å². The fraction of sp³-hybridized carbons (Fsp3) is 0.435. The molecule has 1 N–H and O–H groups in total. The summed E-state index contributed by atoms with van der Waals surface area (Å²) in [6.07, 6.45) is -0.614. The van der Waals surface area contributed by atoms with Gasteiger partial charge in [0.1, 0.15) is 43.5 Å². The van der Waals surface area contributed by atoms with Crippen molar-refractivity contribution in [1.82, 2.24) is 0 Å². The van der Waals surface area contributed by atoms with E-state index in [0.29, 0.717) is 12.4 Å². The van der Waals surface area contributed by atoms with Gasteiger partial charge in [-0.25, -0.2) is 0 Å². The Morgan fingerprint density at radius 2 is 1.55 bits per heavy atom. The van der Waals surface area contributed by atoms with Crippen LogP contribution in [0.15, 0.2) is 48.5 Å². The van der Waals surface area contributed by atoms with E-state index in [1.54, 1.807) is 0 Å². The Morgan fingerprint density at radius 3 is 2.03 bits per heavy atom. The van der Waals surface area contributed by atoms with E-state index in [1.165, 1.54) is 12.5 Å². The number of hydrogen-bond donors (Lipinski definition) is 1. The Hall–Kier alpha value is -2.57. The van der Waals surface area contributed by atoms with Crippen molar-refractivity contribution in [2.24, 2.45) is 0 Å². The van der Waals surface area contributed by atoms with Gasteiger partial charge in [-0.1, -0.05) is 38.1 Å². The first-order valence-electron chi connectivity index (χ1n) is 9.74. The average molecular weight is 400 g/mol. The summed E-state index contributed by atoms with van der Waals surface area (Å²) in [5, 5.41) is 9.77. The molecule has 2 aromatic rings. The third-order valence-corrected chi connectivity index (χ3v) is 4.91. The first-order chi connectivity index (χ1) is 13.8. The molecule has 1 aliphatic heterocycles. The quantitative estimate of drug-likeness (QED) is 0.488. The van der Waals surface area contributed by atoms with Crippen LogP contribution >= 0.6 is 0 Å². The predicted molar refractivity (Wildman–Crippen MR) is 108 cm³/mol. The molecule has 0 aliphatic carbocycles. The van der Waals surface area contributed by atoms with Crippen LogP contribution in [0.3, 0.4) is 0 Å². The van der Waals surface area contributed by atoms with E-state index in [1.807, 2.05) is 36.4 Å². The number of hydrogen-bond acceptors (Lipinski definition) is 6. The lowest BCUT2D eigenvalue weighted by Crippen LogP contribution is -2.24. The highest BCUT2D eigenvalue weighted by Gasteiger charge is 2.25. The van der Waals surface area contributed by atoms with E-state index < -0.39 is 12.1 Å². The first kappa shape index (κ1) is 21.1. The van der Waals surface area contributed by atoms with E-state index in [4.69, 9.17) is 18.9 Å². The molecule has 1 saturated heterocycles. The number of aliphatic hydroxyl groups excluding tert-OH is 1.